The number of thiol groups is 1. The van der Waals surface area contributed by atoms with Crippen molar-refractivity contribution in [3.05, 3.63) is 53.1 Å². The summed E-state index contributed by atoms with van der Waals surface area (Å²) in [5.74, 6) is -0.521. The molecule has 0 radical (unpaired) electrons. The van der Waals surface area contributed by atoms with Gasteiger partial charge < -0.3 is 4.74 Å². The van der Waals surface area contributed by atoms with Crippen LogP contribution in [0.2, 0.25) is 0 Å². The Kier molecular flexibility index (Phi) is 7.60. The van der Waals surface area contributed by atoms with Gasteiger partial charge >= 0.3 is 5.97 Å². The van der Waals surface area contributed by atoms with E-state index in [1.54, 1.807) is 36.0 Å². The Bertz CT molecular complexity index is 1040. The zero-order valence-electron chi connectivity index (χ0n) is 18.7. The summed E-state index contributed by atoms with van der Waals surface area (Å²) >= 11 is 4.76. The van der Waals surface area contributed by atoms with Crippen molar-refractivity contribution in [3.63, 3.8) is 0 Å². The average molecular weight is 473 g/mol. The first-order valence-electron chi connectivity index (χ1n) is 11.4. The highest BCUT2D eigenvalue weighted by molar-refractivity contribution is 7.81. The highest BCUT2D eigenvalue weighted by Gasteiger charge is 2.40. The Morgan fingerprint density at radius 1 is 1.30 bits per heavy atom. The second-order valence-corrected chi connectivity index (χ2v) is 9.16. The molecule has 9 heteroatoms. The predicted molar refractivity (Wildman–Crippen MR) is 125 cm³/mol. The zero-order chi connectivity index (χ0) is 23.4. The monoisotopic (exact) mass is 472 g/mol. The Balaban J connectivity index is 1.56. The summed E-state index contributed by atoms with van der Waals surface area (Å²) in [6.45, 7) is 3.62. The molecule has 1 aromatic carbocycles. The van der Waals surface area contributed by atoms with E-state index in [4.69, 9.17) is 17.4 Å². The molecule has 0 bridgehead atoms. The third-order valence-corrected chi connectivity index (χ3v) is 6.72. The number of hydrogen-bond donors (Lipinski definition) is 1. The number of ether oxygens (including phenoxy) is 1. The van der Waals surface area contributed by atoms with E-state index in [0.29, 0.717) is 31.8 Å². The summed E-state index contributed by atoms with van der Waals surface area (Å²) in [5, 5.41) is 8.07. The summed E-state index contributed by atoms with van der Waals surface area (Å²) in [7, 11) is 0. The van der Waals surface area contributed by atoms with E-state index >= 15 is 0 Å². The summed E-state index contributed by atoms with van der Waals surface area (Å²) in [4.78, 5) is 27.0. The van der Waals surface area contributed by atoms with Crippen LogP contribution in [0, 0.1) is 11.7 Å². The third-order valence-electron chi connectivity index (χ3n) is 6.13. The number of rotatable bonds is 9. The number of aromatic nitrogens is 3. The van der Waals surface area contributed by atoms with Crippen molar-refractivity contribution < 1.29 is 18.7 Å². The second-order valence-electron chi connectivity index (χ2n) is 8.53. The number of aryl methyl sites for hydroxylation is 1. The van der Waals surface area contributed by atoms with Gasteiger partial charge in [-0.2, -0.15) is 12.6 Å². The molecule has 7 nitrogen and oxygen atoms in total. The molecular weight excluding hydrogens is 443 g/mol. The molecule has 1 aliphatic carbocycles. The van der Waals surface area contributed by atoms with Crippen molar-refractivity contribution in [2.45, 2.75) is 50.4 Å². The fraction of sp³-hybridized carbons (Fsp3) is 0.500. The lowest BCUT2D eigenvalue weighted by Gasteiger charge is -2.37. The topological polar surface area (TPSA) is 77.3 Å². The van der Waals surface area contributed by atoms with Gasteiger partial charge in [0.2, 0.25) is 0 Å². The van der Waals surface area contributed by atoms with Gasteiger partial charge in [-0.15, -0.1) is 5.10 Å². The minimum absolute atomic E-state index is 0.00644. The molecule has 2 fully saturated rings. The van der Waals surface area contributed by atoms with Crippen LogP contribution in [0.1, 0.15) is 49.9 Å². The minimum atomic E-state index is -0.602. The molecule has 2 heterocycles. The SMILES string of the molecule is CCOC(=O)CCn1nncc1C=C1CN(C(C(=O)C2CC2)c2ccccc2F)CCC1S. The molecule has 0 N–H and O–H groups in total. The van der Waals surface area contributed by atoms with E-state index in [1.807, 2.05) is 6.08 Å². The Morgan fingerprint density at radius 2 is 2.09 bits per heavy atom. The van der Waals surface area contributed by atoms with Crippen LogP contribution in [0.5, 0.6) is 0 Å². The fourth-order valence-corrected chi connectivity index (χ4v) is 4.52. The largest absolute Gasteiger partial charge is 0.466 e. The van der Waals surface area contributed by atoms with E-state index in [2.05, 4.69) is 15.2 Å². The normalized spacial score (nSPS) is 21.2. The van der Waals surface area contributed by atoms with Gasteiger partial charge in [0.05, 0.1) is 37.5 Å². The van der Waals surface area contributed by atoms with Crippen molar-refractivity contribution >= 4 is 30.5 Å². The summed E-state index contributed by atoms with van der Waals surface area (Å²) in [6, 6.07) is 5.95. The van der Waals surface area contributed by atoms with Crippen LogP contribution in [0.15, 0.2) is 36.0 Å². The van der Waals surface area contributed by atoms with Crippen LogP contribution in [-0.2, 0) is 20.9 Å². The number of Topliss-reactive ketones (excluding diaryl/α,β-unsaturated/α-hetero) is 1. The predicted octanol–water partition coefficient (Wildman–Crippen LogP) is 3.48. The summed E-state index contributed by atoms with van der Waals surface area (Å²) in [6.07, 6.45) is 6.30. The van der Waals surface area contributed by atoms with Gasteiger partial charge in [0.1, 0.15) is 5.82 Å². The van der Waals surface area contributed by atoms with Crippen LogP contribution < -0.4 is 0 Å². The quantitative estimate of drug-likeness (QED) is 0.445. The molecule has 2 atom stereocenters. The van der Waals surface area contributed by atoms with E-state index in [-0.39, 0.29) is 35.2 Å². The number of nitrogens with zero attached hydrogens (tertiary/aromatic N) is 4. The van der Waals surface area contributed by atoms with Crippen LogP contribution in [-0.4, -0.2) is 56.6 Å². The van der Waals surface area contributed by atoms with Crippen LogP contribution in [0.25, 0.3) is 6.08 Å². The zero-order valence-corrected chi connectivity index (χ0v) is 19.6. The molecule has 1 aromatic heterocycles. The molecule has 2 aromatic rings. The molecule has 1 saturated heterocycles. The maximum Gasteiger partial charge on any atom is 0.307 e. The van der Waals surface area contributed by atoms with Gasteiger partial charge in [-0.3, -0.25) is 14.5 Å². The molecule has 0 amide bonds. The molecule has 1 aliphatic heterocycles. The Labute approximate surface area is 198 Å². The molecule has 2 aliphatic rings. The second kappa shape index (κ2) is 10.6. The first-order valence-corrected chi connectivity index (χ1v) is 11.9. The first-order chi connectivity index (χ1) is 16.0. The minimum Gasteiger partial charge on any atom is -0.466 e. The van der Waals surface area contributed by atoms with Gasteiger partial charge in [0.15, 0.2) is 5.78 Å². The van der Waals surface area contributed by atoms with Gasteiger partial charge in [0.25, 0.3) is 0 Å². The molecule has 0 spiro atoms. The summed E-state index contributed by atoms with van der Waals surface area (Å²) < 4.78 is 21.4. The van der Waals surface area contributed by atoms with Crippen LogP contribution >= 0.6 is 12.6 Å². The number of piperidine rings is 1. The van der Waals surface area contributed by atoms with Crippen LogP contribution in [0.4, 0.5) is 4.39 Å². The third kappa shape index (κ3) is 5.70. The number of likely N-dealkylation sites (tertiary alicyclic amines) is 1. The standard InChI is InChI=1S/C24H29FN4O3S/c1-2-32-22(30)10-12-29-18(14-26-27-29)13-17-15-28(11-9-21(17)33)23(24(31)16-7-8-16)19-5-3-4-6-20(19)25/h3-6,13-14,16,21,23,33H,2,7-12,15H2,1H3. The van der Waals surface area contributed by atoms with Crippen molar-refractivity contribution in [1.29, 1.82) is 0 Å². The van der Waals surface area contributed by atoms with Gasteiger partial charge in [-0.1, -0.05) is 23.4 Å². The van der Waals surface area contributed by atoms with E-state index in [0.717, 1.165) is 30.5 Å². The van der Waals surface area contributed by atoms with Crippen molar-refractivity contribution in [1.82, 2.24) is 19.9 Å². The van der Waals surface area contributed by atoms with E-state index in [1.165, 1.54) is 6.07 Å². The molecular formula is C24H29FN4O3S. The smallest absolute Gasteiger partial charge is 0.307 e. The number of halogens is 1. The molecule has 1 saturated carbocycles. The number of carbonyl (C=O) groups is 2. The lowest BCUT2D eigenvalue weighted by atomic mass is 9.93. The maximum absolute atomic E-state index is 14.7. The van der Waals surface area contributed by atoms with Crippen molar-refractivity contribution in [3.8, 4) is 0 Å². The maximum atomic E-state index is 14.7. The molecule has 2 unspecified atom stereocenters. The van der Waals surface area contributed by atoms with E-state index < -0.39 is 6.04 Å². The molecule has 176 valence electrons. The highest BCUT2D eigenvalue weighted by atomic mass is 32.1. The van der Waals surface area contributed by atoms with Crippen LogP contribution in [0.3, 0.4) is 0 Å². The van der Waals surface area contributed by atoms with Gasteiger partial charge in [-0.25, -0.2) is 9.07 Å². The number of hydrogen-bond acceptors (Lipinski definition) is 7. The first kappa shape index (κ1) is 23.6. The average Bonchev–Trinajstić information content (AvgIpc) is 3.56. The molecule has 33 heavy (non-hydrogen) atoms. The van der Waals surface area contributed by atoms with Gasteiger partial charge in [-0.05, 0) is 43.9 Å². The summed E-state index contributed by atoms with van der Waals surface area (Å²) in [5.41, 5.74) is 2.20. The Hall–Kier alpha value is -2.52. The Morgan fingerprint density at radius 3 is 2.82 bits per heavy atom. The number of carbonyl (C=O) groups excluding carboxylic acids is 2. The molecule has 4 rings (SSSR count). The fourth-order valence-electron chi connectivity index (χ4n) is 4.24. The van der Waals surface area contributed by atoms with Gasteiger partial charge in [0, 0.05) is 29.8 Å². The van der Waals surface area contributed by atoms with Crippen molar-refractivity contribution in [2.75, 3.05) is 19.7 Å². The number of benzene rings is 1. The number of esters is 1. The lowest BCUT2D eigenvalue weighted by Crippen LogP contribution is -2.42. The number of ketones is 1. The van der Waals surface area contributed by atoms with Crippen molar-refractivity contribution in [2.24, 2.45) is 5.92 Å². The van der Waals surface area contributed by atoms with E-state index in [9.17, 15) is 14.0 Å². The highest BCUT2D eigenvalue weighted by Crippen LogP contribution is 2.39. The lowest BCUT2D eigenvalue weighted by molar-refractivity contribution is -0.143.